The van der Waals surface area contributed by atoms with Crippen LogP contribution in [0.4, 0.5) is 4.79 Å². The average Bonchev–Trinajstić information content (AvgIpc) is 3.65. The van der Waals surface area contributed by atoms with Crippen molar-refractivity contribution in [1.29, 1.82) is 0 Å². The third kappa shape index (κ3) is 10.3. The van der Waals surface area contributed by atoms with E-state index in [4.69, 9.17) is 0 Å². The molecule has 5 atom stereocenters. The van der Waals surface area contributed by atoms with Crippen LogP contribution in [0.2, 0.25) is 0 Å². The van der Waals surface area contributed by atoms with Gasteiger partial charge in [0.25, 0.3) is 5.91 Å². The van der Waals surface area contributed by atoms with Crippen molar-refractivity contribution in [2.24, 2.45) is 29.1 Å². The van der Waals surface area contributed by atoms with Crippen molar-refractivity contribution >= 4 is 39.6 Å². The fourth-order valence-electron chi connectivity index (χ4n) is 7.69. The maximum atomic E-state index is 14.6. The molecular weight excluding hydrogens is 660 g/mol. The molecule has 50 heavy (non-hydrogen) atoms. The Hall–Kier alpha value is -3.00. The predicted molar refractivity (Wildman–Crippen MR) is 191 cm³/mol. The van der Waals surface area contributed by atoms with Crippen LogP contribution in [0, 0.1) is 29.1 Å². The minimum Gasteiger partial charge on any atom is -0.346 e. The largest absolute Gasteiger partial charge is 0.346 e. The van der Waals surface area contributed by atoms with E-state index in [1.807, 2.05) is 34.6 Å². The molecule has 0 bridgehead atoms. The Labute approximate surface area is 298 Å². The maximum absolute atomic E-state index is 14.6. The van der Waals surface area contributed by atoms with Gasteiger partial charge in [-0.3, -0.25) is 19.2 Å². The van der Waals surface area contributed by atoms with E-state index in [9.17, 15) is 32.4 Å². The molecule has 0 aromatic rings. The van der Waals surface area contributed by atoms with Gasteiger partial charge in [0.2, 0.25) is 27.6 Å². The van der Waals surface area contributed by atoms with Gasteiger partial charge in [-0.1, -0.05) is 72.8 Å². The van der Waals surface area contributed by atoms with Gasteiger partial charge in [0.05, 0.1) is 11.8 Å². The van der Waals surface area contributed by atoms with Crippen molar-refractivity contribution in [3.8, 4) is 0 Å². The molecule has 282 valence electrons. The molecule has 4 rings (SSSR count). The standard InChI is InChI=1S/C36H60N6O7S/c1-7-17-37-33(45)31(43)27(21-24-14-15-24)38-32(44)30-26(23(2)3)16-19-42(30)34(46)29(25-12-9-8-10-13-25)40-35(47)39-28(36(4,5)6)22-41-18-11-20-50(41,48)49/h7,23-30H,1,8-22H2,2-6H3,(H,37,45)(H,38,44)(H2,39,40,47)/t26-,27?,28-,29+,30+/m1/s1. The number of ketones is 1. The lowest BCUT2D eigenvalue weighted by atomic mass is 9.82. The second-order valence-electron chi connectivity index (χ2n) is 16.2. The molecule has 5 amide bonds. The molecule has 4 fully saturated rings. The molecule has 2 aliphatic carbocycles. The van der Waals surface area contributed by atoms with Gasteiger partial charge in [-0.05, 0) is 61.2 Å². The topological polar surface area (TPSA) is 174 Å². The molecule has 2 heterocycles. The summed E-state index contributed by atoms with van der Waals surface area (Å²) in [5, 5.41) is 11.4. The highest BCUT2D eigenvalue weighted by atomic mass is 32.2. The van der Waals surface area contributed by atoms with Gasteiger partial charge < -0.3 is 26.2 Å². The van der Waals surface area contributed by atoms with Gasteiger partial charge in [-0.25, -0.2) is 13.2 Å². The van der Waals surface area contributed by atoms with Crippen LogP contribution in [0.3, 0.4) is 0 Å². The van der Waals surface area contributed by atoms with E-state index in [-0.39, 0.29) is 48.4 Å². The summed E-state index contributed by atoms with van der Waals surface area (Å²) < 4.78 is 26.6. The Morgan fingerprint density at radius 3 is 2.14 bits per heavy atom. The average molecular weight is 721 g/mol. The lowest BCUT2D eigenvalue weighted by Crippen LogP contribution is -2.61. The first-order valence-corrected chi connectivity index (χ1v) is 20.2. The number of nitrogens with one attached hydrogen (secondary N) is 4. The van der Waals surface area contributed by atoms with Gasteiger partial charge >= 0.3 is 6.03 Å². The van der Waals surface area contributed by atoms with Crippen LogP contribution in [-0.2, 0) is 29.2 Å². The molecule has 0 aromatic heterocycles. The monoisotopic (exact) mass is 720 g/mol. The Balaban J connectivity index is 1.55. The normalized spacial score (nSPS) is 24.6. The van der Waals surface area contributed by atoms with Crippen molar-refractivity contribution in [1.82, 2.24) is 30.5 Å². The summed E-state index contributed by atoms with van der Waals surface area (Å²) in [5.74, 6) is -2.21. The summed E-state index contributed by atoms with van der Waals surface area (Å²) in [4.78, 5) is 69.9. The highest BCUT2D eigenvalue weighted by Gasteiger charge is 2.48. The number of likely N-dealkylation sites (tertiary alicyclic amines) is 1. The van der Waals surface area contributed by atoms with E-state index in [2.05, 4.69) is 27.8 Å². The molecule has 2 aliphatic heterocycles. The quantitative estimate of drug-likeness (QED) is 0.149. The molecule has 0 spiro atoms. The van der Waals surface area contributed by atoms with Crippen LogP contribution in [0.1, 0.15) is 98.8 Å². The smallest absolute Gasteiger partial charge is 0.315 e. The Morgan fingerprint density at radius 1 is 0.900 bits per heavy atom. The molecule has 4 aliphatic rings. The number of sulfonamides is 1. The third-order valence-electron chi connectivity index (χ3n) is 11.0. The van der Waals surface area contributed by atoms with Crippen LogP contribution in [0.5, 0.6) is 0 Å². The van der Waals surface area contributed by atoms with Crippen LogP contribution < -0.4 is 21.3 Å². The van der Waals surface area contributed by atoms with Crippen LogP contribution in [0.25, 0.3) is 0 Å². The first kappa shape index (κ1) is 39.8. The molecule has 13 nitrogen and oxygen atoms in total. The van der Waals surface area contributed by atoms with Crippen LogP contribution in [0.15, 0.2) is 12.7 Å². The van der Waals surface area contributed by atoms with E-state index in [0.717, 1.165) is 44.9 Å². The predicted octanol–water partition coefficient (Wildman–Crippen LogP) is 2.71. The number of rotatable bonds is 15. The molecular formula is C36H60N6O7S. The lowest BCUT2D eigenvalue weighted by Gasteiger charge is -2.38. The number of carbonyl (C=O) groups excluding carboxylic acids is 5. The number of Topliss-reactive ketones (excluding diaryl/α,β-unsaturated/α-hetero) is 1. The van der Waals surface area contributed by atoms with E-state index >= 15 is 0 Å². The number of urea groups is 1. The van der Waals surface area contributed by atoms with Crippen molar-refractivity contribution in [3.63, 3.8) is 0 Å². The number of hydrogen-bond acceptors (Lipinski definition) is 7. The zero-order valence-corrected chi connectivity index (χ0v) is 31.5. The molecule has 0 radical (unpaired) electrons. The fraction of sp³-hybridized carbons (Fsp3) is 0.806. The number of carbonyl (C=O) groups is 5. The zero-order chi connectivity index (χ0) is 36.8. The SMILES string of the molecule is C=CCNC(=O)C(=O)C(CC1CC1)NC(=O)[C@@H]1[C@@H](C(C)C)CCN1C(=O)[C@@H](NC(=O)N[C@H](CN1CCCS1(=O)=O)C(C)(C)C)C1CCCCC1. The molecule has 2 saturated heterocycles. The Kier molecular flexibility index (Phi) is 13.5. The second-order valence-corrected chi connectivity index (χ2v) is 18.3. The fourth-order valence-corrected chi connectivity index (χ4v) is 9.22. The highest BCUT2D eigenvalue weighted by Crippen LogP contribution is 2.36. The van der Waals surface area contributed by atoms with Gasteiger partial charge in [0.1, 0.15) is 12.1 Å². The van der Waals surface area contributed by atoms with Crippen molar-refractivity contribution < 1.29 is 32.4 Å². The molecule has 0 aromatic carbocycles. The molecule has 1 unspecified atom stereocenters. The molecule has 4 N–H and O–H groups in total. The van der Waals surface area contributed by atoms with E-state index in [1.54, 1.807) is 4.90 Å². The van der Waals surface area contributed by atoms with E-state index in [0.29, 0.717) is 32.4 Å². The van der Waals surface area contributed by atoms with Gasteiger partial charge in [0.15, 0.2) is 0 Å². The Bertz CT molecular complexity index is 1370. The first-order chi connectivity index (χ1) is 23.5. The summed E-state index contributed by atoms with van der Waals surface area (Å²) in [7, 11) is -3.38. The summed E-state index contributed by atoms with van der Waals surface area (Å²) in [5.41, 5.74) is -0.473. The van der Waals surface area contributed by atoms with Crippen LogP contribution >= 0.6 is 0 Å². The van der Waals surface area contributed by atoms with Gasteiger partial charge in [-0.2, -0.15) is 4.31 Å². The lowest BCUT2D eigenvalue weighted by molar-refractivity contribution is -0.144. The van der Waals surface area contributed by atoms with Crippen molar-refractivity contribution in [2.45, 2.75) is 123 Å². The van der Waals surface area contributed by atoms with E-state index < -0.39 is 63.2 Å². The zero-order valence-electron chi connectivity index (χ0n) is 30.7. The number of nitrogens with zero attached hydrogens (tertiary/aromatic N) is 2. The van der Waals surface area contributed by atoms with Gasteiger partial charge in [-0.15, -0.1) is 6.58 Å². The summed E-state index contributed by atoms with van der Waals surface area (Å²) >= 11 is 0. The Morgan fingerprint density at radius 2 is 1.58 bits per heavy atom. The summed E-state index contributed by atoms with van der Waals surface area (Å²) in [6.07, 6.45) is 9.22. The second kappa shape index (κ2) is 17.0. The van der Waals surface area contributed by atoms with Crippen molar-refractivity contribution in [2.75, 3.05) is 31.9 Å². The summed E-state index contributed by atoms with van der Waals surface area (Å²) in [6, 6.07) is -3.82. The minimum atomic E-state index is -3.38. The van der Waals surface area contributed by atoms with Gasteiger partial charge in [0, 0.05) is 32.2 Å². The maximum Gasteiger partial charge on any atom is 0.315 e. The molecule has 2 saturated carbocycles. The number of hydrogen-bond donors (Lipinski definition) is 4. The van der Waals surface area contributed by atoms with E-state index in [1.165, 1.54) is 10.4 Å². The first-order valence-electron chi connectivity index (χ1n) is 18.6. The van der Waals surface area contributed by atoms with Crippen LogP contribution in [-0.4, -0.2) is 103 Å². The minimum absolute atomic E-state index is 0.0517. The molecule has 14 heteroatoms. The van der Waals surface area contributed by atoms with Crippen molar-refractivity contribution in [3.05, 3.63) is 12.7 Å². The third-order valence-corrected chi connectivity index (χ3v) is 12.9. The summed E-state index contributed by atoms with van der Waals surface area (Å²) in [6.45, 7) is 14.4. The highest BCUT2D eigenvalue weighted by molar-refractivity contribution is 7.89. The number of amides is 5.